The number of hydrogen-bond donors (Lipinski definition) is 1. The van der Waals surface area contributed by atoms with Crippen molar-refractivity contribution >= 4 is 28.5 Å². The highest BCUT2D eigenvalue weighted by atomic mass is 127. The summed E-state index contributed by atoms with van der Waals surface area (Å²) in [4.78, 5) is 11.1. The van der Waals surface area contributed by atoms with Crippen LogP contribution in [-0.2, 0) is 4.79 Å². The first-order valence-electron chi connectivity index (χ1n) is 3.93. The third-order valence-electron chi connectivity index (χ3n) is 1.12. The van der Waals surface area contributed by atoms with E-state index in [4.69, 9.17) is 0 Å². The maximum Gasteiger partial charge on any atom is 0.244 e. The molecule has 0 spiro atoms. The molecule has 0 saturated carbocycles. The minimum absolute atomic E-state index is 0.00294. The molecule has 0 atom stereocenters. The first-order valence-corrected chi connectivity index (χ1v) is 5.01. The maximum atomic E-state index is 11.1. The average molecular weight is 281 g/mol. The van der Waals surface area contributed by atoms with Crippen LogP contribution in [0.5, 0.6) is 0 Å². The van der Waals surface area contributed by atoms with E-state index in [0.717, 1.165) is 3.58 Å². The van der Waals surface area contributed by atoms with E-state index in [-0.39, 0.29) is 11.3 Å². The number of halogens is 1. The molecule has 2 nitrogen and oxygen atoms in total. The molecule has 0 unspecified atom stereocenters. The molecule has 0 aliphatic heterocycles. The predicted octanol–water partition coefficient (Wildman–Crippen LogP) is 2.49. The number of nitrogens with one attached hydrogen (secondary N) is 1. The molecular formula is C9H16INO. The van der Waals surface area contributed by atoms with Gasteiger partial charge in [-0.15, -0.1) is 0 Å². The molecule has 0 aromatic heterocycles. The Hall–Kier alpha value is -0.0600. The fraction of sp³-hybridized carbons (Fsp3) is 0.667. The lowest BCUT2D eigenvalue weighted by molar-refractivity contribution is -0.116. The number of rotatable bonds is 2. The largest absolute Gasteiger partial charge is 0.352 e. The normalized spacial score (nSPS) is 12.9. The Morgan fingerprint density at radius 1 is 1.50 bits per heavy atom. The minimum Gasteiger partial charge on any atom is -0.352 e. The fourth-order valence-corrected chi connectivity index (χ4v) is 0.867. The Morgan fingerprint density at radius 2 is 2.00 bits per heavy atom. The molecule has 0 aromatic carbocycles. The standard InChI is InChI=1S/C9H16INO/c1-7(10)5-8(12)11-6-9(2,3)4/h5H,6H2,1-4H3,(H,11,12)/b7-5+. The summed E-state index contributed by atoms with van der Waals surface area (Å²) in [5.74, 6) is -0.00294. The van der Waals surface area contributed by atoms with Gasteiger partial charge in [0.1, 0.15) is 0 Å². The van der Waals surface area contributed by atoms with E-state index in [9.17, 15) is 4.79 Å². The molecule has 0 rings (SSSR count). The van der Waals surface area contributed by atoms with Crippen LogP contribution in [0.1, 0.15) is 27.7 Å². The van der Waals surface area contributed by atoms with Gasteiger partial charge in [-0.05, 0) is 38.5 Å². The molecular weight excluding hydrogens is 265 g/mol. The number of amides is 1. The van der Waals surface area contributed by atoms with Crippen LogP contribution in [-0.4, -0.2) is 12.5 Å². The highest BCUT2D eigenvalue weighted by molar-refractivity contribution is 14.1. The van der Waals surface area contributed by atoms with Crippen LogP contribution in [0.4, 0.5) is 0 Å². The van der Waals surface area contributed by atoms with Crippen LogP contribution in [0.15, 0.2) is 9.66 Å². The molecule has 0 fully saturated rings. The molecule has 3 heteroatoms. The van der Waals surface area contributed by atoms with E-state index in [1.54, 1.807) is 6.08 Å². The van der Waals surface area contributed by atoms with Gasteiger partial charge in [-0.2, -0.15) is 0 Å². The van der Waals surface area contributed by atoms with Gasteiger partial charge in [0, 0.05) is 12.6 Å². The molecule has 0 aliphatic carbocycles. The molecule has 12 heavy (non-hydrogen) atoms. The zero-order chi connectivity index (χ0) is 9.78. The van der Waals surface area contributed by atoms with Gasteiger partial charge >= 0.3 is 0 Å². The monoisotopic (exact) mass is 281 g/mol. The summed E-state index contributed by atoms with van der Waals surface area (Å²) in [6, 6.07) is 0. The molecule has 0 heterocycles. The summed E-state index contributed by atoms with van der Waals surface area (Å²) < 4.78 is 0.999. The lowest BCUT2D eigenvalue weighted by atomic mass is 9.97. The van der Waals surface area contributed by atoms with Gasteiger partial charge in [-0.1, -0.05) is 20.8 Å². The van der Waals surface area contributed by atoms with Gasteiger partial charge in [-0.3, -0.25) is 4.79 Å². The van der Waals surface area contributed by atoms with Gasteiger partial charge in [0.05, 0.1) is 0 Å². The first kappa shape index (κ1) is 11.9. The van der Waals surface area contributed by atoms with Gasteiger partial charge in [0.2, 0.25) is 5.91 Å². The van der Waals surface area contributed by atoms with Crippen LogP contribution in [0.25, 0.3) is 0 Å². The van der Waals surface area contributed by atoms with Crippen molar-refractivity contribution in [3.05, 3.63) is 9.66 Å². The zero-order valence-corrected chi connectivity index (χ0v) is 10.2. The molecule has 70 valence electrons. The highest BCUT2D eigenvalue weighted by Gasteiger charge is 2.10. The lowest BCUT2D eigenvalue weighted by Gasteiger charge is -2.17. The summed E-state index contributed by atoms with van der Waals surface area (Å²) >= 11 is 2.12. The quantitative estimate of drug-likeness (QED) is 0.611. The topological polar surface area (TPSA) is 29.1 Å². The molecule has 0 bridgehead atoms. The number of carbonyl (C=O) groups is 1. The Bertz CT molecular complexity index is 187. The zero-order valence-electron chi connectivity index (χ0n) is 8.07. The van der Waals surface area contributed by atoms with E-state index in [1.807, 2.05) is 6.92 Å². The van der Waals surface area contributed by atoms with Crippen molar-refractivity contribution in [2.24, 2.45) is 5.41 Å². The van der Waals surface area contributed by atoms with E-state index >= 15 is 0 Å². The second kappa shape index (κ2) is 4.84. The molecule has 0 aliphatic rings. The van der Waals surface area contributed by atoms with Gasteiger partial charge in [0.25, 0.3) is 0 Å². The van der Waals surface area contributed by atoms with Crippen molar-refractivity contribution in [2.45, 2.75) is 27.7 Å². The average Bonchev–Trinajstić information content (AvgIpc) is 1.80. The van der Waals surface area contributed by atoms with Crippen molar-refractivity contribution in [3.8, 4) is 0 Å². The third kappa shape index (κ3) is 8.04. The summed E-state index contributed by atoms with van der Waals surface area (Å²) in [6.07, 6.45) is 1.60. The second-order valence-corrected chi connectivity index (χ2v) is 5.71. The van der Waals surface area contributed by atoms with E-state index < -0.39 is 0 Å². The fourth-order valence-electron chi connectivity index (χ4n) is 0.584. The van der Waals surface area contributed by atoms with E-state index in [2.05, 4.69) is 48.7 Å². The first-order chi connectivity index (χ1) is 5.31. The van der Waals surface area contributed by atoms with Crippen LogP contribution in [0.3, 0.4) is 0 Å². The third-order valence-corrected chi connectivity index (χ3v) is 1.43. The Kier molecular flexibility index (Phi) is 4.82. The van der Waals surface area contributed by atoms with Gasteiger partial charge in [-0.25, -0.2) is 0 Å². The molecule has 0 aromatic rings. The minimum atomic E-state index is -0.00294. The van der Waals surface area contributed by atoms with Crippen molar-refractivity contribution in [3.63, 3.8) is 0 Å². The van der Waals surface area contributed by atoms with Crippen molar-refractivity contribution in [1.29, 1.82) is 0 Å². The molecule has 1 amide bonds. The summed E-state index contributed by atoms with van der Waals surface area (Å²) in [6.45, 7) is 8.89. The van der Waals surface area contributed by atoms with Gasteiger partial charge in [0.15, 0.2) is 0 Å². The van der Waals surface area contributed by atoms with Gasteiger partial charge < -0.3 is 5.32 Å². The van der Waals surface area contributed by atoms with Crippen molar-refractivity contribution in [1.82, 2.24) is 5.32 Å². The van der Waals surface area contributed by atoms with Crippen LogP contribution >= 0.6 is 22.6 Å². The predicted molar refractivity (Wildman–Crippen MR) is 60.2 cm³/mol. The van der Waals surface area contributed by atoms with Crippen molar-refractivity contribution < 1.29 is 4.79 Å². The summed E-state index contributed by atoms with van der Waals surface area (Å²) in [5.41, 5.74) is 0.155. The maximum absolute atomic E-state index is 11.1. The van der Waals surface area contributed by atoms with Crippen LogP contribution in [0, 0.1) is 5.41 Å². The molecule has 0 radical (unpaired) electrons. The Balaban J connectivity index is 3.81. The smallest absolute Gasteiger partial charge is 0.244 e. The van der Waals surface area contributed by atoms with E-state index in [0.29, 0.717) is 6.54 Å². The van der Waals surface area contributed by atoms with Crippen molar-refractivity contribution in [2.75, 3.05) is 6.54 Å². The number of carbonyl (C=O) groups excluding carboxylic acids is 1. The van der Waals surface area contributed by atoms with E-state index in [1.165, 1.54) is 0 Å². The molecule has 0 saturated heterocycles. The second-order valence-electron chi connectivity index (χ2n) is 4.01. The highest BCUT2D eigenvalue weighted by Crippen LogP contribution is 2.10. The number of allylic oxidation sites excluding steroid dienone is 1. The summed E-state index contributed by atoms with van der Waals surface area (Å²) in [7, 11) is 0. The van der Waals surface area contributed by atoms with Crippen LogP contribution < -0.4 is 5.32 Å². The Morgan fingerprint density at radius 3 is 2.33 bits per heavy atom. The number of hydrogen-bond acceptors (Lipinski definition) is 1. The summed E-state index contributed by atoms with van der Waals surface area (Å²) in [5, 5.41) is 2.83. The Labute approximate surface area is 87.9 Å². The lowest BCUT2D eigenvalue weighted by Crippen LogP contribution is -2.31. The molecule has 1 N–H and O–H groups in total. The van der Waals surface area contributed by atoms with Crippen LogP contribution in [0.2, 0.25) is 0 Å². The SMILES string of the molecule is C/C(I)=C\C(=O)NCC(C)(C)C.